The van der Waals surface area contributed by atoms with E-state index in [-0.39, 0.29) is 5.91 Å². The number of thiophene rings is 2. The molecule has 4 aromatic rings. The molecular weight excluding hydrogens is 356 g/mol. The molecule has 120 valence electrons. The van der Waals surface area contributed by atoms with Gasteiger partial charge in [0.1, 0.15) is 5.01 Å². The van der Waals surface area contributed by atoms with E-state index in [1.807, 2.05) is 30.3 Å². The van der Waals surface area contributed by atoms with Crippen molar-refractivity contribution in [3.8, 4) is 9.88 Å². The summed E-state index contributed by atoms with van der Waals surface area (Å²) in [6.45, 7) is 0.657. The molecule has 1 amide bonds. The van der Waals surface area contributed by atoms with Crippen molar-refractivity contribution < 1.29 is 4.79 Å². The Balaban J connectivity index is 1.44. The normalized spacial score (nSPS) is 11.0. The lowest BCUT2D eigenvalue weighted by Crippen LogP contribution is -2.24. The second-order valence-electron chi connectivity index (χ2n) is 5.29. The highest BCUT2D eigenvalue weighted by molar-refractivity contribution is 7.26. The molecule has 0 bridgehead atoms. The van der Waals surface area contributed by atoms with Gasteiger partial charge >= 0.3 is 0 Å². The first-order valence-electron chi connectivity index (χ1n) is 7.55. The van der Waals surface area contributed by atoms with Gasteiger partial charge in [0.05, 0.1) is 20.0 Å². The van der Waals surface area contributed by atoms with Crippen molar-refractivity contribution in [2.75, 3.05) is 6.54 Å². The van der Waals surface area contributed by atoms with E-state index >= 15 is 0 Å². The van der Waals surface area contributed by atoms with E-state index in [2.05, 4.69) is 33.2 Å². The number of para-hydroxylation sites is 1. The number of rotatable bonds is 5. The molecule has 4 rings (SSSR count). The van der Waals surface area contributed by atoms with E-state index in [0.29, 0.717) is 6.54 Å². The van der Waals surface area contributed by atoms with Gasteiger partial charge in [-0.3, -0.25) is 4.79 Å². The number of nitrogens with zero attached hydrogens (tertiary/aromatic N) is 1. The fourth-order valence-corrected chi connectivity index (χ4v) is 5.04. The van der Waals surface area contributed by atoms with E-state index in [1.165, 1.54) is 21.6 Å². The number of benzene rings is 1. The Morgan fingerprint density at radius 1 is 1.08 bits per heavy atom. The van der Waals surface area contributed by atoms with Crippen molar-refractivity contribution in [2.45, 2.75) is 6.42 Å². The Morgan fingerprint density at radius 3 is 2.83 bits per heavy atom. The molecule has 3 aromatic heterocycles. The number of carbonyl (C=O) groups excluding carboxylic acids is 1. The molecule has 0 saturated carbocycles. The molecule has 0 unspecified atom stereocenters. The lowest BCUT2D eigenvalue weighted by molar-refractivity contribution is 0.0958. The summed E-state index contributed by atoms with van der Waals surface area (Å²) in [5.41, 5.74) is 2.27. The van der Waals surface area contributed by atoms with Gasteiger partial charge in [0.2, 0.25) is 0 Å². The summed E-state index contributed by atoms with van der Waals surface area (Å²) in [6.07, 6.45) is 0.866. The van der Waals surface area contributed by atoms with Crippen molar-refractivity contribution in [3.05, 3.63) is 63.7 Å². The van der Waals surface area contributed by atoms with Gasteiger partial charge in [-0.25, -0.2) is 4.98 Å². The average molecular weight is 371 g/mol. The molecule has 0 aliphatic carbocycles. The Bertz CT molecular complexity index is 936. The van der Waals surface area contributed by atoms with Crippen LogP contribution in [-0.4, -0.2) is 17.4 Å². The topological polar surface area (TPSA) is 42.0 Å². The lowest BCUT2D eigenvalue weighted by Gasteiger charge is -2.01. The zero-order chi connectivity index (χ0) is 16.4. The number of fused-ring (bicyclic) bond motifs is 1. The minimum absolute atomic E-state index is 0.0115. The quantitative estimate of drug-likeness (QED) is 0.533. The van der Waals surface area contributed by atoms with E-state index in [9.17, 15) is 4.79 Å². The molecule has 0 aliphatic rings. The van der Waals surface area contributed by atoms with Crippen LogP contribution in [0.15, 0.2) is 53.2 Å². The summed E-state index contributed by atoms with van der Waals surface area (Å²) in [4.78, 5) is 18.7. The Hall–Kier alpha value is -2.02. The molecule has 0 spiro atoms. The van der Waals surface area contributed by atoms with Gasteiger partial charge in [-0.1, -0.05) is 12.1 Å². The fourth-order valence-electron chi connectivity index (χ4n) is 2.39. The van der Waals surface area contributed by atoms with Crippen molar-refractivity contribution in [1.29, 1.82) is 0 Å². The molecule has 3 nitrogen and oxygen atoms in total. The monoisotopic (exact) mass is 370 g/mol. The van der Waals surface area contributed by atoms with Gasteiger partial charge < -0.3 is 5.32 Å². The summed E-state index contributed by atoms with van der Waals surface area (Å²) < 4.78 is 1.17. The minimum atomic E-state index is -0.0115. The highest BCUT2D eigenvalue weighted by Gasteiger charge is 2.12. The molecule has 0 radical (unpaired) electrons. The molecule has 24 heavy (non-hydrogen) atoms. The van der Waals surface area contributed by atoms with Crippen LogP contribution in [-0.2, 0) is 6.42 Å². The van der Waals surface area contributed by atoms with Crippen LogP contribution in [0, 0.1) is 0 Å². The van der Waals surface area contributed by atoms with Crippen LogP contribution in [0.4, 0.5) is 0 Å². The van der Waals surface area contributed by atoms with E-state index in [4.69, 9.17) is 0 Å². The Morgan fingerprint density at radius 2 is 2.00 bits per heavy atom. The average Bonchev–Trinajstić information content (AvgIpc) is 3.33. The molecule has 0 saturated heterocycles. The lowest BCUT2D eigenvalue weighted by atomic mass is 10.2. The molecule has 6 heteroatoms. The largest absolute Gasteiger partial charge is 0.351 e. The second kappa shape index (κ2) is 6.84. The number of hydrogen-bond donors (Lipinski definition) is 1. The molecule has 3 heterocycles. The zero-order valence-electron chi connectivity index (χ0n) is 12.7. The molecule has 0 aliphatic heterocycles. The maximum Gasteiger partial charge on any atom is 0.261 e. The van der Waals surface area contributed by atoms with Gasteiger partial charge in [-0.2, -0.15) is 11.3 Å². The van der Waals surface area contributed by atoms with Crippen molar-refractivity contribution in [1.82, 2.24) is 10.3 Å². The standard InChI is InChI=1S/C18H14N2OS3/c21-17(19-9-7-12-8-10-22-11-12)15-5-6-16(23-15)18-20-13-3-1-2-4-14(13)24-18/h1-6,8,10-11H,7,9H2,(H,19,21). The predicted molar refractivity (Wildman–Crippen MR) is 103 cm³/mol. The van der Waals surface area contributed by atoms with Gasteiger partial charge in [-0.15, -0.1) is 22.7 Å². The molecule has 0 fully saturated rings. The van der Waals surface area contributed by atoms with Crippen molar-refractivity contribution in [2.24, 2.45) is 0 Å². The number of aromatic nitrogens is 1. The van der Waals surface area contributed by atoms with Crippen LogP contribution in [0.5, 0.6) is 0 Å². The van der Waals surface area contributed by atoms with Crippen molar-refractivity contribution in [3.63, 3.8) is 0 Å². The number of hydrogen-bond acceptors (Lipinski definition) is 5. The Labute approximate surface area is 151 Å². The summed E-state index contributed by atoms with van der Waals surface area (Å²) in [6, 6.07) is 14.1. The predicted octanol–water partition coefficient (Wildman–Crippen LogP) is 5.06. The summed E-state index contributed by atoms with van der Waals surface area (Å²) >= 11 is 4.84. The molecule has 1 N–H and O–H groups in total. The summed E-state index contributed by atoms with van der Waals surface area (Å²) in [5, 5.41) is 8.13. The Kier molecular flexibility index (Phi) is 4.42. The van der Waals surface area contributed by atoms with Crippen molar-refractivity contribution >= 4 is 50.1 Å². The SMILES string of the molecule is O=C(NCCc1ccsc1)c1ccc(-c2nc3ccccc3s2)s1. The minimum Gasteiger partial charge on any atom is -0.351 e. The number of thiazole rings is 1. The van der Waals surface area contributed by atoms with Crippen LogP contribution in [0.1, 0.15) is 15.2 Å². The summed E-state index contributed by atoms with van der Waals surface area (Å²) in [7, 11) is 0. The number of amides is 1. The maximum absolute atomic E-state index is 12.3. The third-order valence-electron chi connectivity index (χ3n) is 3.61. The molecular formula is C18H14N2OS3. The van der Waals surface area contributed by atoms with Crippen LogP contribution in [0.3, 0.4) is 0 Å². The van der Waals surface area contributed by atoms with Gasteiger partial charge in [0, 0.05) is 6.54 Å². The van der Waals surface area contributed by atoms with Crippen LogP contribution >= 0.6 is 34.0 Å². The highest BCUT2D eigenvalue weighted by Crippen LogP contribution is 2.34. The third kappa shape index (κ3) is 3.26. The third-order valence-corrected chi connectivity index (χ3v) is 6.64. The van der Waals surface area contributed by atoms with E-state index in [0.717, 1.165) is 26.7 Å². The fraction of sp³-hybridized carbons (Fsp3) is 0.111. The smallest absolute Gasteiger partial charge is 0.261 e. The second-order valence-corrected chi connectivity index (χ2v) is 8.18. The van der Waals surface area contributed by atoms with Gasteiger partial charge in [-0.05, 0) is 53.1 Å². The zero-order valence-corrected chi connectivity index (χ0v) is 15.1. The number of nitrogens with one attached hydrogen (secondary N) is 1. The summed E-state index contributed by atoms with van der Waals surface area (Å²) in [5.74, 6) is -0.0115. The highest BCUT2D eigenvalue weighted by atomic mass is 32.1. The molecule has 1 aromatic carbocycles. The first-order chi connectivity index (χ1) is 11.8. The number of carbonyl (C=O) groups is 1. The first kappa shape index (κ1) is 15.5. The van der Waals surface area contributed by atoms with E-state index < -0.39 is 0 Å². The van der Waals surface area contributed by atoms with E-state index in [1.54, 1.807) is 22.7 Å². The van der Waals surface area contributed by atoms with Gasteiger partial charge in [0.15, 0.2) is 0 Å². The first-order valence-corrected chi connectivity index (χ1v) is 10.1. The maximum atomic E-state index is 12.3. The molecule has 0 atom stereocenters. The van der Waals surface area contributed by atoms with Crippen LogP contribution < -0.4 is 5.32 Å². The van der Waals surface area contributed by atoms with Gasteiger partial charge in [0.25, 0.3) is 5.91 Å². The van der Waals surface area contributed by atoms with Crippen LogP contribution in [0.25, 0.3) is 20.1 Å². The van der Waals surface area contributed by atoms with Crippen LogP contribution in [0.2, 0.25) is 0 Å².